The van der Waals surface area contributed by atoms with Crippen LogP contribution < -0.4 is 5.73 Å². The summed E-state index contributed by atoms with van der Waals surface area (Å²) in [6.45, 7) is 4.52. The summed E-state index contributed by atoms with van der Waals surface area (Å²) in [5.74, 6) is 0. The van der Waals surface area contributed by atoms with Crippen LogP contribution in [0.3, 0.4) is 0 Å². The minimum Gasteiger partial charge on any atom is -0.391 e. The van der Waals surface area contributed by atoms with Crippen molar-refractivity contribution in [2.75, 3.05) is 5.73 Å². The maximum atomic E-state index is 6.09. The molecule has 0 bridgehead atoms. The molecule has 0 aliphatic heterocycles. The van der Waals surface area contributed by atoms with Crippen LogP contribution in [0.5, 0.6) is 0 Å². The van der Waals surface area contributed by atoms with Crippen molar-refractivity contribution in [2.24, 2.45) is 0 Å². The largest absolute Gasteiger partial charge is 0.391 e. The number of nitrogens with two attached hydrogens (primary N) is 1. The van der Waals surface area contributed by atoms with E-state index in [0.29, 0.717) is 5.69 Å². The molecular formula is C16H15N. The van der Waals surface area contributed by atoms with Crippen LogP contribution in [0.25, 0.3) is 11.1 Å². The van der Waals surface area contributed by atoms with Crippen LogP contribution in [0.4, 0.5) is 5.69 Å². The normalized spacial score (nSPS) is 15.6. The first-order valence-corrected chi connectivity index (χ1v) is 5.90. The fraction of sp³-hybridized carbons (Fsp3) is 0.250. The summed E-state index contributed by atoms with van der Waals surface area (Å²) < 4.78 is 0. The van der Waals surface area contributed by atoms with Gasteiger partial charge in [-0.2, -0.15) is 0 Å². The monoisotopic (exact) mass is 221 g/mol. The van der Waals surface area contributed by atoms with Gasteiger partial charge in [0, 0.05) is 5.56 Å². The Bertz CT molecular complexity index is 582. The van der Waals surface area contributed by atoms with Crippen molar-refractivity contribution in [3.05, 3.63) is 53.6 Å². The second-order valence-electron chi connectivity index (χ2n) is 5.33. The molecule has 0 spiro atoms. The zero-order chi connectivity index (χ0) is 12.0. The van der Waals surface area contributed by atoms with Gasteiger partial charge in [0.1, 0.15) is 0 Å². The maximum Gasteiger partial charge on any atom is 0.0913 e. The first-order chi connectivity index (χ1) is 8.09. The number of rotatable bonds is 0. The van der Waals surface area contributed by atoms with Crippen LogP contribution >= 0.6 is 0 Å². The Kier molecular flexibility index (Phi) is 1.97. The van der Waals surface area contributed by atoms with Gasteiger partial charge >= 0.3 is 0 Å². The molecule has 2 N–H and O–H groups in total. The van der Waals surface area contributed by atoms with E-state index in [0.717, 1.165) is 12.0 Å². The van der Waals surface area contributed by atoms with E-state index in [1.165, 1.54) is 16.7 Å². The predicted octanol–water partition coefficient (Wildman–Crippen LogP) is 3.37. The molecule has 1 nitrogen and oxygen atoms in total. The van der Waals surface area contributed by atoms with Gasteiger partial charge in [-0.05, 0) is 40.7 Å². The Hall–Kier alpha value is -1.94. The molecule has 0 saturated heterocycles. The van der Waals surface area contributed by atoms with Gasteiger partial charge < -0.3 is 5.73 Å². The first kappa shape index (κ1) is 10.2. The van der Waals surface area contributed by atoms with Gasteiger partial charge in [0.05, 0.1) is 5.69 Å². The van der Waals surface area contributed by atoms with E-state index in [1.807, 2.05) is 6.07 Å². The zero-order valence-corrected chi connectivity index (χ0v) is 10.2. The number of hydrogen-bond acceptors (Lipinski definition) is 1. The third-order valence-corrected chi connectivity index (χ3v) is 3.61. The minimum absolute atomic E-state index is 0.114. The quantitative estimate of drug-likeness (QED) is 0.725. The number of benzene rings is 1. The molecule has 17 heavy (non-hydrogen) atoms. The molecule has 0 amide bonds. The lowest BCUT2D eigenvalue weighted by Crippen LogP contribution is -2.25. The Morgan fingerprint density at radius 2 is 2.00 bits per heavy atom. The van der Waals surface area contributed by atoms with Crippen molar-refractivity contribution in [3.63, 3.8) is 0 Å². The lowest BCUT2D eigenvalue weighted by Gasteiger charge is -2.33. The predicted molar refractivity (Wildman–Crippen MR) is 70.7 cm³/mol. The molecule has 0 unspecified atom stereocenters. The smallest absolute Gasteiger partial charge is 0.0913 e. The van der Waals surface area contributed by atoms with E-state index in [9.17, 15) is 0 Å². The van der Waals surface area contributed by atoms with Crippen molar-refractivity contribution in [2.45, 2.75) is 25.7 Å². The summed E-state index contributed by atoms with van der Waals surface area (Å²) in [5, 5.41) is 0. The van der Waals surface area contributed by atoms with E-state index in [1.54, 1.807) is 0 Å². The summed E-state index contributed by atoms with van der Waals surface area (Å²) >= 11 is 0. The molecule has 2 aromatic rings. The van der Waals surface area contributed by atoms with Gasteiger partial charge in [-0.3, -0.25) is 0 Å². The molecule has 0 atom stereocenters. The van der Waals surface area contributed by atoms with Crippen LogP contribution in [0.1, 0.15) is 25.0 Å². The van der Waals surface area contributed by atoms with Gasteiger partial charge in [-0.25, -0.2) is 0 Å². The average molecular weight is 221 g/mol. The van der Waals surface area contributed by atoms with E-state index in [-0.39, 0.29) is 5.41 Å². The molecule has 3 rings (SSSR count). The highest BCUT2D eigenvalue weighted by atomic mass is 14.6. The topological polar surface area (TPSA) is 26.0 Å². The Morgan fingerprint density at radius 3 is 2.82 bits per heavy atom. The Morgan fingerprint density at radius 1 is 1.24 bits per heavy atom. The summed E-state index contributed by atoms with van der Waals surface area (Å²) in [6.07, 6.45) is 1.05. The summed E-state index contributed by atoms with van der Waals surface area (Å²) in [6, 6.07) is 16.5. The summed E-state index contributed by atoms with van der Waals surface area (Å²) in [7, 11) is 0. The molecule has 1 aliphatic carbocycles. The van der Waals surface area contributed by atoms with E-state index >= 15 is 0 Å². The van der Waals surface area contributed by atoms with Gasteiger partial charge in [0.15, 0.2) is 0 Å². The third-order valence-electron chi connectivity index (χ3n) is 3.61. The van der Waals surface area contributed by atoms with Crippen molar-refractivity contribution < 1.29 is 0 Å². The highest BCUT2D eigenvalue weighted by Gasteiger charge is 2.31. The van der Waals surface area contributed by atoms with Crippen LogP contribution in [-0.2, 0) is 11.8 Å². The fourth-order valence-electron chi connectivity index (χ4n) is 2.78. The molecule has 0 radical (unpaired) electrons. The van der Waals surface area contributed by atoms with Crippen LogP contribution in [0.15, 0.2) is 30.3 Å². The summed E-state index contributed by atoms with van der Waals surface area (Å²) in [5.41, 5.74) is 12.0. The van der Waals surface area contributed by atoms with E-state index in [4.69, 9.17) is 5.73 Å². The molecular weight excluding hydrogens is 206 g/mol. The van der Waals surface area contributed by atoms with Gasteiger partial charge in [0.2, 0.25) is 0 Å². The lowest BCUT2D eigenvalue weighted by atomic mass is 9.70. The maximum absolute atomic E-state index is 6.09. The molecule has 84 valence electrons. The summed E-state index contributed by atoms with van der Waals surface area (Å²) in [4.78, 5) is 0. The lowest BCUT2D eigenvalue weighted by molar-refractivity contribution is 0.517. The van der Waals surface area contributed by atoms with Crippen molar-refractivity contribution >= 4 is 5.69 Å². The number of hydrogen-bond donors (Lipinski definition) is 1. The molecule has 1 aliphatic rings. The standard InChI is InChI=1S/C16H15N/c1-16(2)10-11-6-3-4-7-12(11)15-13(16)8-5-9-14(15)17/h3-4,6-8H,10,17H2,1-2H3. The van der Waals surface area contributed by atoms with Gasteiger partial charge in [0.25, 0.3) is 0 Å². The molecule has 1 heteroatoms. The second kappa shape index (κ2) is 3.28. The fourth-order valence-corrected chi connectivity index (χ4v) is 2.78. The van der Waals surface area contributed by atoms with Crippen molar-refractivity contribution in [1.82, 2.24) is 0 Å². The van der Waals surface area contributed by atoms with Gasteiger partial charge in [-0.1, -0.05) is 44.2 Å². The number of anilines is 1. The Labute approximate surface area is 102 Å². The second-order valence-corrected chi connectivity index (χ2v) is 5.33. The Balaban J connectivity index is 2.38. The van der Waals surface area contributed by atoms with Crippen molar-refractivity contribution in [1.29, 1.82) is 0 Å². The van der Waals surface area contributed by atoms with Crippen LogP contribution in [0, 0.1) is 12.1 Å². The highest BCUT2D eigenvalue weighted by molar-refractivity contribution is 5.83. The number of nitrogen functional groups attached to an aromatic ring is 1. The molecule has 2 aromatic carbocycles. The average Bonchev–Trinajstić information content (AvgIpc) is 2.29. The molecule has 0 heterocycles. The molecule has 0 saturated carbocycles. The third kappa shape index (κ3) is 1.41. The van der Waals surface area contributed by atoms with Crippen LogP contribution in [0.2, 0.25) is 0 Å². The number of fused-ring (bicyclic) bond motifs is 3. The van der Waals surface area contributed by atoms with Gasteiger partial charge in [-0.15, -0.1) is 0 Å². The molecule has 0 fully saturated rings. The SMILES string of the molecule is CC1(C)Cc2ccccc2-c2c(N)c#ccc21. The first-order valence-electron chi connectivity index (χ1n) is 5.90. The minimum atomic E-state index is 0.114. The van der Waals surface area contributed by atoms with Crippen molar-refractivity contribution in [3.8, 4) is 11.1 Å². The zero-order valence-electron chi connectivity index (χ0n) is 10.2. The molecule has 0 aromatic heterocycles. The van der Waals surface area contributed by atoms with Crippen LogP contribution in [-0.4, -0.2) is 0 Å². The van der Waals surface area contributed by atoms with E-state index < -0.39 is 0 Å². The highest BCUT2D eigenvalue weighted by Crippen LogP contribution is 2.44. The van der Waals surface area contributed by atoms with E-state index in [2.05, 4.69) is 50.2 Å².